The van der Waals surface area contributed by atoms with Gasteiger partial charge in [-0.05, 0) is 99.9 Å². The zero-order chi connectivity index (χ0) is 22.2. The molecule has 3 fully saturated rings. The zero-order valence-electron chi connectivity index (χ0n) is 20.0. The second-order valence-electron chi connectivity index (χ2n) is 11.4. The highest BCUT2D eigenvalue weighted by Crippen LogP contribution is 2.66. The van der Waals surface area contributed by atoms with Crippen LogP contribution in [-0.4, -0.2) is 21.9 Å². The van der Waals surface area contributed by atoms with Gasteiger partial charge in [0.25, 0.3) is 0 Å². The number of aliphatic hydroxyl groups is 2. The number of hydrogen-bond donors (Lipinski definition) is 2. The molecule has 3 aliphatic carbocycles. The molecule has 0 bridgehead atoms. The number of rotatable bonds is 5. The van der Waals surface area contributed by atoms with Gasteiger partial charge in [-0.3, -0.25) is 0 Å². The van der Waals surface area contributed by atoms with Gasteiger partial charge in [0.05, 0.1) is 11.7 Å². The monoisotopic (exact) mass is 412 g/mol. The molecule has 3 saturated carbocycles. The minimum Gasteiger partial charge on any atom is -0.393 e. The van der Waals surface area contributed by atoms with Crippen LogP contribution in [0.4, 0.5) is 0 Å². The van der Waals surface area contributed by atoms with Gasteiger partial charge in [0.15, 0.2) is 0 Å². The molecule has 30 heavy (non-hydrogen) atoms. The van der Waals surface area contributed by atoms with Crippen LogP contribution in [-0.2, 0) is 0 Å². The molecule has 2 nitrogen and oxygen atoms in total. The van der Waals surface area contributed by atoms with Crippen LogP contribution >= 0.6 is 0 Å². The predicted molar refractivity (Wildman–Crippen MR) is 127 cm³/mol. The van der Waals surface area contributed by atoms with Gasteiger partial charge in [-0.25, -0.2) is 0 Å². The number of aliphatic hydroxyl groups excluding tert-OH is 1. The summed E-state index contributed by atoms with van der Waals surface area (Å²) in [6.45, 7) is 15.4. The molecule has 0 aromatic rings. The molecule has 0 unspecified atom stereocenters. The van der Waals surface area contributed by atoms with Gasteiger partial charge in [0, 0.05) is 0 Å². The van der Waals surface area contributed by atoms with E-state index < -0.39 is 5.60 Å². The lowest BCUT2D eigenvalue weighted by molar-refractivity contribution is 0.0454. The number of fused-ring (bicyclic) bond motifs is 1. The second kappa shape index (κ2) is 8.79. The first kappa shape index (κ1) is 23.5. The Hall–Kier alpha value is -1.12. The molecule has 168 valence electrons. The molecule has 3 aliphatic rings. The third kappa shape index (κ3) is 4.70. The van der Waals surface area contributed by atoms with E-state index in [1.807, 2.05) is 13.8 Å². The molecule has 0 heterocycles. The number of allylic oxidation sites excluding steroid dienone is 5. The quantitative estimate of drug-likeness (QED) is 0.482. The third-order valence-electron chi connectivity index (χ3n) is 8.75. The Balaban J connectivity index is 1.81. The lowest BCUT2D eigenvalue weighted by atomic mass is 9.53. The van der Waals surface area contributed by atoms with Crippen molar-refractivity contribution in [3.63, 3.8) is 0 Å². The second-order valence-corrected chi connectivity index (χ2v) is 11.4. The molecular formula is C28H44O2. The molecular weight excluding hydrogens is 368 g/mol. The standard InChI is InChI=1S/C28H44O2/c1-20-11-14-24(29)19-22(20)12-13-23-10-8-17-28(6)25(15-18-27(23,28)5)21(2)9-7-16-26(3,4)30/h7,9,12-13,21,24-25,29-30H,1,8,10-11,14-19H2,2-6H3/b9-7+,22-12+,23-13-/t21-,24+,25-,27+,28-/m1/s1. The van der Waals surface area contributed by atoms with Gasteiger partial charge in [-0.15, -0.1) is 0 Å². The first-order chi connectivity index (χ1) is 14.0. The molecule has 0 aromatic carbocycles. The van der Waals surface area contributed by atoms with E-state index in [2.05, 4.69) is 51.7 Å². The van der Waals surface area contributed by atoms with E-state index in [1.165, 1.54) is 43.3 Å². The van der Waals surface area contributed by atoms with Crippen LogP contribution in [0.3, 0.4) is 0 Å². The van der Waals surface area contributed by atoms with Crippen LogP contribution in [0.25, 0.3) is 0 Å². The van der Waals surface area contributed by atoms with Crippen LogP contribution < -0.4 is 0 Å². The predicted octanol–water partition coefficient (Wildman–Crippen LogP) is 6.90. The van der Waals surface area contributed by atoms with E-state index in [0.29, 0.717) is 23.7 Å². The lowest BCUT2D eigenvalue weighted by Crippen LogP contribution is -2.42. The smallest absolute Gasteiger partial charge is 0.0626 e. The maximum atomic E-state index is 10.1. The van der Waals surface area contributed by atoms with Crippen LogP contribution in [0, 0.1) is 22.7 Å². The van der Waals surface area contributed by atoms with Crippen molar-refractivity contribution in [2.75, 3.05) is 0 Å². The van der Waals surface area contributed by atoms with Crippen molar-refractivity contribution in [2.24, 2.45) is 22.7 Å². The van der Waals surface area contributed by atoms with Gasteiger partial charge >= 0.3 is 0 Å². The fraction of sp³-hybridized carbons (Fsp3) is 0.714. The van der Waals surface area contributed by atoms with E-state index in [1.54, 1.807) is 5.57 Å². The fourth-order valence-electron chi connectivity index (χ4n) is 6.57. The average Bonchev–Trinajstić information content (AvgIpc) is 2.93. The lowest BCUT2D eigenvalue weighted by Gasteiger charge is -2.51. The largest absolute Gasteiger partial charge is 0.393 e. The first-order valence-electron chi connectivity index (χ1n) is 12.1. The molecule has 0 spiro atoms. The Bertz CT molecular complexity index is 734. The molecule has 2 N–H and O–H groups in total. The Labute approximate surface area is 184 Å². The van der Waals surface area contributed by atoms with Crippen molar-refractivity contribution < 1.29 is 10.2 Å². The molecule has 0 aliphatic heterocycles. The Morgan fingerprint density at radius 2 is 1.90 bits per heavy atom. The van der Waals surface area contributed by atoms with Crippen molar-refractivity contribution in [1.82, 2.24) is 0 Å². The molecule has 0 aromatic heterocycles. The minimum atomic E-state index is -0.630. The number of hydrogen-bond acceptors (Lipinski definition) is 2. The fourth-order valence-corrected chi connectivity index (χ4v) is 6.57. The summed E-state index contributed by atoms with van der Waals surface area (Å²) < 4.78 is 0. The normalized spacial score (nSPS) is 39.1. The molecule has 0 radical (unpaired) electrons. The Morgan fingerprint density at radius 1 is 1.17 bits per heavy atom. The summed E-state index contributed by atoms with van der Waals surface area (Å²) in [5.74, 6) is 1.22. The summed E-state index contributed by atoms with van der Waals surface area (Å²) >= 11 is 0. The molecule has 0 amide bonds. The van der Waals surface area contributed by atoms with E-state index >= 15 is 0 Å². The van der Waals surface area contributed by atoms with E-state index in [-0.39, 0.29) is 11.5 Å². The van der Waals surface area contributed by atoms with Gasteiger partial charge in [0.2, 0.25) is 0 Å². The average molecular weight is 413 g/mol. The summed E-state index contributed by atoms with van der Waals surface area (Å²) in [4.78, 5) is 0. The van der Waals surface area contributed by atoms with Gasteiger partial charge < -0.3 is 10.2 Å². The zero-order valence-corrected chi connectivity index (χ0v) is 20.0. The van der Waals surface area contributed by atoms with Crippen molar-refractivity contribution in [3.8, 4) is 0 Å². The van der Waals surface area contributed by atoms with Gasteiger partial charge in [-0.1, -0.05) is 62.8 Å². The van der Waals surface area contributed by atoms with Crippen molar-refractivity contribution in [3.05, 3.63) is 47.6 Å². The first-order valence-corrected chi connectivity index (χ1v) is 12.1. The Kier molecular flexibility index (Phi) is 6.90. The topological polar surface area (TPSA) is 40.5 Å². The SMILES string of the molecule is C=C1CC[C@H](O)C/C1=C\C=C1\CCC[C@]2(C)[C@@H]([C@H](C)/C=C/CC(C)(C)O)CC[C@@]12C. The van der Waals surface area contributed by atoms with Crippen LogP contribution in [0.2, 0.25) is 0 Å². The highest BCUT2D eigenvalue weighted by Gasteiger charge is 2.57. The van der Waals surface area contributed by atoms with E-state index in [0.717, 1.165) is 19.3 Å². The summed E-state index contributed by atoms with van der Waals surface area (Å²) in [5, 5.41) is 20.1. The van der Waals surface area contributed by atoms with Crippen LogP contribution in [0.1, 0.15) is 92.4 Å². The summed E-state index contributed by atoms with van der Waals surface area (Å²) in [6, 6.07) is 0. The summed E-state index contributed by atoms with van der Waals surface area (Å²) in [6.07, 6.45) is 18.5. The maximum Gasteiger partial charge on any atom is 0.0626 e. The minimum absolute atomic E-state index is 0.209. The summed E-state index contributed by atoms with van der Waals surface area (Å²) in [5.41, 5.74) is 3.99. The maximum absolute atomic E-state index is 10.1. The molecule has 3 rings (SSSR count). The van der Waals surface area contributed by atoms with Crippen molar-refractivity contribution in [2.45, 2.75) is 104 Å². The third-order valence-corrected chi connectivity index (χ3v) is 8.75. The highest BCUT2D eigenvalue weighted by atomic mass is 16.3. The van der Waals surface area contributed by atoms with E-state index in [9.17, 15) is 10.2 Å². The Morgan fingerprint density at radius 3 is 2.60 bits per heavy atom. The van der Waals surface area contributed by atoms with Crippen molar-refractivity contribution in [1.29, 1.82) is 0 Å². The molecule has 2 heteroatoms. The highest BCUT2D eigenvalue weighted by molar-refractivity contribution is 5.37. The van der Waals surface area contributed by atoms with Crippen molar-refractivity contribution >= 4 is 0 Å². The molecule has 5 atom stereocenters. The van der Waals surface area contributed by atoms with E-state index in [4.69, 9.17) is 0 Å². The summed E-state index contributed by atoms with van der Waals surface area (Å²) in [7, 11) is 0. The van der Waals surface area contributed by atoms with Gasteiger partial charge in [0.1, 0.15) is 0 Å². The van der Waals surface area contributed by atoms with Crippen LogP contribution in [0.15, 0.2) is 47.6 Å². The molecule has 0 saturated heterocycles. The van der Waals surface area contributed by atoms with Gasteiger partial charge in [-0.2, -0.15) is 0 Å². The van der Waals surface area contributed by atoms with Crippen LogP contribution in [0.5, 0.6) is 0 Å².